The molecule has 0 aromatic rings. The Balaban J connectivity index is 2.54. The van der Waals surface area contributed by atoms with Crippen LogP contribution in [0.1, 0.15) is 65.7 Å². The van der Waals surface area contributed by atoms with Gasteiger partial charge in [0.15, 0.2) is 0 Å². The molecule has 21 heavy (non-hydrogen) atoms. The van der Waals surface area contributed by atoms with Crippen molar-refractivity contribution in [2.45, 2.75) is 71.8 Å². The Morgan fingerprint density at radius 1 is 1.14 bits per heavy atom. The molecule has 0 aliphatic carbocycles. The minimum atomic E-state index is -0.343. The van der Waals surface area contributed by atoms with Crippen LogP contribution >= 0.6 is 0 Å². The molecule has 4 heteroatoms. The summed E-state index contributed by atoms with van der Waals surface area (Å²) >= 11 is 0. The molecule has 0 bridgehead atoms. The lowest BCUT2D eigenvalue weighted by Crippen LogP contribution is -2.52. The third-order valence-corrected chi connectivity index (χ3v) is 4.79. The van der Waals surface area contributed by atoms with Crippen molar-refractivity contribution in [2.24, 2.45) is 11.1 Å². The molecule has 1 rings (SSSR count). The van der Waals surface area contributed by atoms with Crippen LogP contribution < -0.4 is 11.1 Å². The van der Waals surface area contributed by atoms with E-state index in [2.05, 4.69) is 31.0 Å². The average molecular weight is 297 g/mol. The number of rotatable bonds is 9. The van der Waals surface area contributed by atoms with Gasteiger partial charge < -0.3 is 16.0 Å². The fourth-order valence-electron chi connectivity index (χ4n) is 3.56. The second kappa shape index (κ2) is 9.42. The number of likely N-dealkylation sites (tertiary alicyclic amines) is 1. The first kappa shape index (κ1) is 18.4. The Kier molecular flexibility index (Phi) is 8.27. The molecular weight excluding hydrogens is 262 g/mol. The van der Waals surface area contributed by atoms with E-state index in [0.717, 1.165) is 51.6 Å². The van der Waals surface area contributed by atoms with Crippen molar-refractivity contribution in [2.75, 3.05) is 26.2 Å². The van der Waals surface area contributed by atoms with Crippen LogP contribution in [0.15, 0.2) is 0 Å². The average Bonchev–Trinajstić information content (AvgIpc) is 2.49. The van der Waals surface area contributed by atoms with Gasteiger partial charge >= 0.3 is 0 Å². The van der Waals surface area contributed by atoms with Crippen molar-refractivity contribution < 1.29 is 4.79 Å². The van der Waals surface area contributed by atoms with Crippen molar-refractivity contribution in [3.8, 4) is 0 Å². The Morgan fingerprint density at radius 2 is 1.71 bits per heavy atom. The molecule has 124 valence electrons. The van der Waals surface area contributed by atoms with Gasteiger partial charge in [-0.2, -0.15) is 0 Å². The van der Waals surface area contributed by atoms with E-state index < -0.39 is 0 Å². The van der Waals surface area contributed by atoms with Gasteiger partial charge in [-0.1, -0.05) is 33.6 Å². The molecule has 0 spiro atoms. The normalized spacial score (nSPS) is 17.9. The molecule has 0 aromatic carbocycles. The largest absolute Gasteiger partial charge is 0.353 e. The number of nitrogens with one attached hydrogen (secondary N) is 1. The fourth-order valence-corrected chi connectivity index (χ4v) is 3.56. The van der Waals surface area contributed by atoms with Crippen molar-refractivity contribution in [3.63, 3.8) is 0 Å². The van der Waals surface area contributed by atoms with Gasteiger partial charge in [-0.3, -0.25) is 4.79 Å². The Morgan fingerprint density at radius 3 is 2.14 bits per heavy atom. The van der Waals surface area contributed by atoms with Crippen LogP contribution in [0.3, 0.4) is 0 Å². The highest BCUT2D eigenvalue weighted by molar-refractivity contribution is 5.83. The molecule has 3 N–H and O–H groups in total. The van der Waals surface area contributed by atoms with E-state index in [9.17, 15) is 4.79 Å². The van der Waals surface area contributed by atoms with E-state index in [1.807, 2.05) is 0 Å². The van der Waals surface area contributed by atoms with E-state index in [1.54, 1.807) is 0 Å². The van der Waals surface area contributed by atoms with Crippen molar-refractivity contribution >= 4 is 5.91 Å². The number of nitrogens with zero attached hydrogens (tertiary/aromatic N) is 1. The van der Waals surface area contributed by atoms with Crippen LogP contribution in [-0.2, 0) is 4.79 Å². The summed E-state index contributed by atoms with van der Waals surface area (Å²) in [6.07, 6.45) is 7.18. The summed E-state index contributed by atoms with van der Waals surface area (Å²) in [4.78, 5) is 15.2. The number of carbonyl (C=O) groups is 1. The highest BCUT2D eigenvalue weighted by Crippen LogP contribution is 2.29. The Bertz CT molecular complexity index is 292. The van der Waals surface area contributed by atoms with Gasteiger partial charge in [0.2, 0.25) is 5.91 Å². The van der Waals surface area contributed by atoms with Crippen LogP contribution in [0, 0.1) is 5.41 Å². The van der Waals surface area contributed by atoms with Crippen LogP contribution in [-0.4, -0.2) is 43.0 Å². The van der Waals surface area contributed by atoms with Gasteiger partial charge in [0.05, 0.1) is 5.41 Å². The third-order valence-electron chi connectivity index (χ3n) is 4.79. The van der Waals surface area contributed by atoms with Crippen LogP contribution in [0.4, 0.5) is 0 Å². The van der Waals surface area contributed by atoms with E-state index in [1.165, 1.54) is 13.0 Å². The summed E-state index contributed by atoms with van der Waals surface area (Å²) in [6, 6.07) is 0.338. The zero-order valence-corrected chi connectivity index (χ0v) is 14.3. The number of nitrogens with two attached hydrogens (primary N) is 1. The number of carbonyl (C=O) groups excluding carboxylic acids is 1. The molecule has 1 fully saturated rings. The van der Waals surface area contributed by atoms with Crippen LogP contribution in [0.2, 0.25) is 0 Å². The molecule has 1 aliphatic rings. The predicted octanol–water partition coefficient (Wildman–Crippen LogP) is 2.52. The van der Waals surface area contributed by atoms with Gasteiger partial charge in [0.25, 0.3) is 0 Å². The second-order valence-corrected chi connectivity index (χ2v) is 6.57. The number of hydrogen-bond acceptors (Lipinski definition) is 3. The summed E-state index contributed by atoms with van der Waals surface area (Å²) in [5.41, 5.74) is 5.64. The van der Waals surface area contributed by atoms with Crippen molar-refractivity contribution in [3.05, 3.63) is 0 Å². The van der Waals surface area contributed by atoms with Gasteiger partial charge in [-0.15, -0.1) is 0 Å². The standard InChI is InChI=1S/C17H35N3O/c1-4-9-17(14-18,10-5-2)16(21)19-15-7-12-20(11-6-3)13-8-15/h15H,4-14,18H2,1-3H3,(H,19,21). The lowest BCUT2D eigenvalue weighted by Gasteiger charge is -2.36. The monoisotopic (exact) mass is 297 g/mol. The SMILES string of the molecule is CCCN1CCC(NC(=O)C(CN)(CCC)CCC)CC1. The maximum absolute atomic E-state index is 12.7. The number of hydrogen-bond donors (Lipinski definition) is 2. The molecule has 1 heterocycles. The van der Waals surface area contributed by atoms with Crippen molar-refractivity contribution in [1.29, 1.82) is 0 Å². The van der Waals surface area contributed by atoms with Crippen LogP contribution in [0.25, 0.3) is 0 Å². The van der Waals surface area contributed by atoms with Crippen LogP contribution in [0.5, 0.6) is 0 Å². The highest BCUT2D eigenvalue weighted by atomic mass is 16.2. The first-order valence-corrected chi connectivity index (χ1v) is 8.85. The zero-order valence-electron chi connectivity index (χ0n) is 14.3. The molecule has 0 atom stereocenters. The highest BCUT2D eigenvalue weighted by Gasteiger charge is 2.36. The van der Waals surface area contributed by atoms with E-state index in [-0.39, 0.29) is 11.3 Å². The Hall–Kier alpha value is -0.610. The minimum Gasteiger partial charge on any atom is -0.353 e. The van der Waals surface area contributed by atoms with Gasteiger partial charge in [-0.05, 0) is 38.6 Å². The smallest absolute Gasteiger partial charge is 0.227 e. The molecule has 0 unspecified atom stereocenters. The first-order chi connectivity index (χ1) is 10.1. The van der Waals surface area contributed by atoms with E-state index in [0.29, 0.717) is 12.6 Å². The quantitative estimate of drug-likeness (QED) is 0.687. The van der Waals surface area contributed by atoms with Gasteiger partial charge in [0.1, 0.15) is 0 Å². The molecule has 0 saturated carbocycles. The van der Waals surface area contributed by atoms with E-state index >= 15 is 0 Å². The first-order valence-electron chi connectivity index (χ1n) is 8.85. The number of amides is 1. The topological polar surface area (TPSA) is 58.4 Å². The summed E-state index contributed by atoms with van der Waals surface area (Å²) in [6.45, 7) is 10.4. The Labute approximate surface area is 130 Å². The zero-order chi connectivity index (χ0) is 15.7. The van der Waals surface area contributed by atoms with Gasteiger partial charge in [-0.25, -0.2) is 0 Å². The molecule has 1 amide bonds. The third kappa shape index (κ3) is 5.26. The summed E-state index contributed by atoms with van der Waals surface area (Å²) in [7, 11) is 0. The second-order valence-electron chi connectivity index (χ2n) is 6.57. The lowest BCUT2D eigenvalue weighted by molar-refractivity contribution is -0.132. The predicted molar refractivity (Wildman–Crippen MR) is 89.2 cm³/mol. The molecule has 0 radical (unpaired) electrons. The molecule has 1 saturated heterocycles. The minimum absolute atomic E-state index is 0.197. The molecule has 4 nitrogen and oxygen atoms in total. The molecular formula is C17H35N3O. The van der Waals surface area contributed by atoms with Gasteiger partial charge in [0, 0.05) is 25.7 Å². The summed E-state index contributed by atoms with van der Waals surface area (Å²) in [5.74, 6) is 0.197. The van der Waals surface area contributed by atoms with Crippen molar-refractivity contribution in [1.82, 2.24) is 10.2 Å². The summed E-state index contributed by atoms with van der Waals surface area (Å²) < 4.78 is 0. The summed E-state index contributed by atoms with van der Waals surface area (Å²) in [5, 5.41) is 3.30. The van der Waals surface area contributed by atoms with E-state index in [4.69, 9.17) is 5.73 Å². The molecule has 0 aromatic heterocycles. The fraction of sp³-hybridized carbons (Fsp3) is 0.941. The lowest BCUT2D eigenvalue weighted by atomic mass is 9.78. The molecule has 1 aliphatic heterocycles. The maximum atomic E-state index is 12.7. The maximum Gasteiger partial charge on any atom is 0.227 e. The number of piperidine rings is 1.